The predicted molar refractivity (Wildman–Crippen MR) is 34.1 cm³/mol. The van der Waals surface area contributed by atoms with Crippen molar-refractivity contribution in [2.75, 3.05) is 0 Å². The number of rotatable bonds is 1. The van der Waals surface area contributed by atoms with Gasteiger partial charge in [0, 0.05) is 5.38 Å². The molecule has 1 rings (SSSR count). The molecule has 0 unspecified atom stereocenters. The zero-order valence-electron chi connectivity index (χ0n) is 5.13. The number of halogens is 1. The van der Waals surface area contributed by atoms with E-state index in [0.717, 1.165) is 11.3 Å². The molecule has 0 saturated heterocycles. The largest absolute Gasteiger partial charge is 1.00 e. The van der Waals surface area contributed by atoms with Gasteiger partial charge in [-0.3, -0.25) is 0 Å². The minimum Gasteiger partial charge on any atom is -0.542 e. The van der Waals surface area contributed by atoms with Gasteiger partial charge in [0.25, 0.3) is 0 Å². The Morgan fingerprint density at radius 2 is 2.40 bits per heavy atom. The van der Waals surface area contributed by atoms with Crippen molar-refractivity contribution in [3.8, 4) is 0 Å². The second-order valence-electron chi connectivity index (χ2n) is 1.26. The number of carbonyl (C=O) groups is 1. The van der Waals surface area contributed by atoms with Crippen LogP contribution in [0.4, 0.5) is 0 Å². The van der Waals surface area contributed by atoms with Crippen molar-refractivity contribution in [2.24, 2.45) is 0 Å². The fourth-order valence-corrected chi connectivity index (χ4v) is 1.43. The van der Waals surface area contributed by atoms with Crippen molar-refractivity contribution in [1.29, 1.82) is 0 Å². The number of thiazole rings is 1. The molecule has 0 radical (unpaired) electrons. The summed E-state index contributed by atoms with van der Waals surface area (Å²) in [5.74, 6) is -1.23. The van der Waals surface area contributed by atoms with Crippen molar-refractivity contribution in [3.63, 3.8) is 0 Å². The van der Waals surface area contributed by atoms with E-state index < -0.39 is 5.97 Å². The molecule has 0 amide bonds. The van der Waals surface area contributed by atoms with Gasteiger partial charge in [0.15, 0.2) is 0 Å². The first kappa shape index (κ1) is 10.6. The molecule has 1 heterocycles. The summed E-state index contributed by atoms with van der Waals surface area (Å²) in [4.78, 5) is 13.6. The molecule has 0 fully saturated rings. The van der Waals surface area contributed by atoms with E-state index in [2.05, 4.69) is 20.9 Å². The van der Waals surface area contributed by atoms with Crippen LogP contribution in [0.5, 0.6) is 0 Å². The third kappa shape index (κ3) is 2.67. The normalized spacial score (nSPS) is 8.50. The molecule has 1 aromatic rings. The van der Waals surface area contributed by atoms with Crippen LogP contribution in [-0.4, -0.2) is 11.0 Å². The van der Waals surface area contributed by atoms with Crippen LogP contribution < -0.4 is 34.7 Å². The first-order chi connectivity index (χ1) is 4.20. The number of aromatic nitrogens is 1. The first-order valence-electron chi connectivity index (χ1n) is 2.02. The van der Waals surface area contributed by atoms with Gasteiger partial charge in [0.05, 0.1) is 0 Å². The van der Waals surface area contributed by atoms with Crippen LogP contribution >= 0.6 is 27.3 Å². The molecule has 0 bridgehead atoms. The average molecular weight is 230 g/mol. The van der Waals surface area contributed by atoms with Crippen molar-refractivity contribution in [3.05, 3.63) is 15.0 Å². The van der Waals surface area contributed by atoms with Gasteiger partial charge in [-0.25, -0.2) is 4.98 Å². The topological polar surface area (TPSA) is 53.0 Å². The second-order valence-corrected chi connectivity index (χ2v) is 2.93. The van der Waals surface area contributed by atoms with E-state index in [9.17, 15) is 9.90 Å². The number of hydrogen-bond donors (Lipinski definition) is 0. The molecule has 3 nitrogen and oxygen atoms in total. The fourth-order valence-electron chi connectivity index (χ4n) is 0.348. The van der Waals surface area contributed by atoms with Gasteiger partial charge in [-0.1, -0.05) is 0 Å². The molecule has 0 atom stereocenters. The molecule has 6 heteroatoms. The minimum atomic E-state index is -1.23. The second kappa shape index (κ2) is 4.46. The van der Waals surface area contributed by atoms with E-state index in [4.69, 9.17) is 0 Å². The summed E-state index contributed by atoms with van der Waals surface area (Å²) in [5, 5.41) is 11.6. The first-order valence-corrected chi connectivity index (χ1v) is 3.70. The van der Waals surface area contributed by atoms with Crippen LogP contribution in [0.1, 0.15) is 9.80 Å². The summed E-state index contributed by atoms with van der Waals surface area (Å²) in [7, 11) is 0. The quantitative estimate of drug-likeness (QED) is 0.492. The molecular weight excluding hydrogens is 229 g/mol. The zero-order chi connectivity index (χ0) is 6.85. The number of carboxylic acid groups (broad SMARTS) is 1. The predicted octanol–water partition coefficient (Wildman–Crippen LogP) is -2.73. The summed E-state index contributed by atoms with van der Waals surface area (Å²) in [6, 6.07) is 0. The minimum absolute atomic E-state index is 0. The standard InChI is InChI=1S/C4H2BrNO2S.Na/c5-2-1-9-3(6-2)4(7)8;/h1H,(H,7,8);/q;+1/p-1. The molecule has 0 aromatic carbocycles. The summed E-state index contributed by atoms with van der Waals surface area (Å²) in [6.45, 7) is 0. The summed E-state index contributed by atoms with van der Waals surface area (Å²) in [5.41, 5.74) is 0. The number of aromatic carboxylic acids is 1. The maximum atomic E-state index is 10.0. The monoisotopic (exact) mass is 229 g/mol. The Balaban J connectivity index is 0.000000810. The number of carbonyl (C=O) groups excluding carboxylic acids is 1. The molecule has 0 aliphatic heterocycles. The SMILES string of the molecule is O=C([O-])c1nc(Br)cs1.[Na+]. The van der Waals surface area contributed by atoms with Gasteiger partial charge in [0.1, 0.15) is 15.6 Å². The molecular formula is C4HBrNNaO2S. The Bertz CT molecular complexity index is 239. The van der Waals surface area contributed by atoms with Crippen LogP contribution in [-0.2, 0) is 0 Å². The van der Waals surface area contributed by atoms with E-state index in [1.807, 2.05) is 0 Å². The Hall–Kier alpha value is 0.580. The maximum absolute atomic E-state index is 10.0. The molecule has 1 aromatic heterocycles. The Morgan fingerprint density at radius 3 is 2.60 bits per heavy atom. The van der Waals surface area contributed by atoms with Crippen LogP contribution in [0.3, 0.4) is 0 Å². The fraction of sp³-hybridized carbons (Fsp3) is 0. The van der Waals surface area contributed by atoms with E-state index in [0.29, 0.717) is 4.60 Å². The van der Waals surface area contributed by atoms with Gasteiger partial charge < -0.3 is 9.90 Å². The van der Waals surface area contributed by atoms with Crippen LogP contribution in [0, 0.1) is 0 Å². The van der Waals surface area contributed by atoms with Crippen molar-refractivity contribution in [2.45, 2.75) is 0 Å². The number of hydrogen-bond acceptors (Lipinski definition) is 4. The Kier molecular flexibility index (Phi) is 4.71. The average Bonchev–Trinajstić information content (AvgIpc) is 2.14. The van der Waals surface area contributed by atoms with Gasteiger partial charge in [-0.05, 0) is 15.9 Å². The van der Waals surface area contributed by atoms with E-state index in [-0.39, 0.29) is 34.6 Å². The summed E-state index contributed by atoms with van der Waals surface area (Å²) in [6.07, 6.45) is 0. The van der Waals surface area contributed by atoms with E-state index in [1.54, 1.807) is 5.38 Å². The van der Waals surface area contributed by atoms with Crippen LogP contribution in [0.15, 0.2) is 9.98 Å². The summed E-state index contributed by atoms with van der Waals surface area (Å²) < 4.78 is 0.534. The van der Waals surface area contributed by atoms with Crippen molar-refractivity contribution >= 4 is 33.2 Å². The number of carboxylic acids is 1. The van der Waals surface area contributed by atoms with E-state index >= 15 is 0 Å². The molecule has 0 aliphatic carbocycles. The third-order valence-corrected chi connectivity index (χ3v) is 2.18. The summed E-state index contributed by atoms with van der Waals surface area (Å²) >= 11 is 4.05. The van der Waals surface area contributed by atoms with Crippen LogP contribution in [0.2, 0.25) is 0 Å². The van der Waals surface area contributed by atoms with Crippen molar-refractivity contribution < 1.29 is 39.5 Å². The van der Waals surface area contributed by atoms with Gasteiger partial charge in [-0.2, -0.15) is 0 Å². The molecule has 48 valence electrons. The van der Waals surface area contributed by atoms with Gasteiger partial charge in [0.2, 0.25) is 0 Å². The Morgan fingerprint density at radius 1 is 1.80 bits per heavy atom. The molecule has 0 aliphatic rings. The molecule has 0 spiro atoms. The van der Waals surface area contributed by atoms with Crippen molar-refractivity contribution in [1.82, 2.24) is 4.98 Å². The maximum Gasteiger partial charge on any atom is 1.00 e. The van der Waals surface area contributed by atoms with E-state index in [1.165, 1.54) is 0 Å². The zero-order valence-corrected chi connectivity index (χ0v) is 9.53. The molecule has 0 saturated carbocycles. The Labute approximate surface area is 91.9 Å². The van der Waals surface area contributed by atoms with Crippen LogP contribution in [0.25, 0.3) is 0 Å². The third-order valence-electron chi connectivity index (χ3n) is 0.651. The molecule has 0 N–H and O–H groups in total. The van der Waals surface area contributed by atoms with Gasteiger partial charge >= 0.3 is 29.6 Å². The smallest absolute Gasteiger partial charge is 0.542 e. The number of nitrogens with zero attached hydrogens (tertiary/aromatic N) is 1. The molecule has 10 heavy (non-hydrogen) atoms. The van der Waals surface area contributed by atoms with Gasteiger partial charge in [-0.15, -0.1) is 11.3 Å².